The number of carboxylic acid groups (broad SMARTS) is 1. The summed E-state index contributed by atoms with van der Waals surface area (Å²) in [7, 11) is -2.95. The number of anilines is 1. The van der Waals surface area contributed by atoms with Crippen molar-refractivity contribution in [3.05, 3.63) is 10.6 Å². The third-order valence-electron chi connectivity index (χ3n) is 1.96. The van der Waals surface area contributed by atoms with Crippen LogP contribution in [0.5, 0.6) is 0 Å². The van der Waals surface area contributed by atoms with Gasteiger partial charge in [0.05, 0.1) is 11.4 Å². The number of carboxylic acids is 1. The van der Waals surface area contributed by atoms with Crippen LogP contribution < -0.4 is 5.32 Å². The molecule has 2 N–H and O–H groups in total. The molecule has 0 aliphatic carbocycles. The van der Waals surface area contributed by atoms with Crippen LogP contribution in [0.3, 0.4) is 0 Å². The molecule has 0 radical (unpaired) electrons. The number of sulfone groups is 1. The van der Waals surface area contributed by atoms with Gasteiger partial charge in [-0.05, 0) is 13.3 Å². The van der Waals surface area contributed by atoms with Crippen molar-refractivity contribution in [1.29, 1.82) is 0 Å². The molecule has 0 unspecified atom stereocenters. The van der Waals surface area contributed by atoms with E-state index in [1.54, 1.807) is 6.92 Å². The van der Waals surface area contributed by atoms with E-state index in [0.29, 0.717) is 23.8 Å². The minimum absolute atomic E-state index is 0.107. The van der Waals surface area contributed by atoms with Gasteiger partial charge in [0.25, 0.3) is 0 Å². The maximum absolute atomic E-state index is 10.9. The Labute approximate surface area is 104 Å². The van der Waals surface area contributed by atoms with E-state index in [1.165, 1.54) is 6.26 Å². The van der Waals surface area contributed by atoms with Crippen molar-refractivity contribution < 1.29 is 18.3 Å². The molecule has 0 bridgehead atoms. The lowest BCUT2D eigenvalue weighted by atomic mass is 10.4. The Morgan fingerprint density at radius 1 is 1.53 bits per heavy atom. The van der Waals surface area contributed by atoms with Crippen LogP contribution in [0.25, 0.3) is 0 Å². The number of aryl methyl sites for hydroxylation is 1. The van der Waals surface area contributed by atoms with E-state index in [1.807, 2.05) is 0 Å². The number of thiazole rings is 1. The minimum Gasteiger partial charge on any atom is -0.477 e. The van der Waals surface area contributed by atoms with Gasteiger partial charge in [-0.15, -0.1) is 0 Å². The quantitative estimate of drug-likeness (QED) is 0.753. The van der Waals surface area contributed by atoms with Gasteiger partial charge in [-0.25, -0.2) is 18.2 Å². The molecule has 0 amide bonds. The second kappa shape index (κ2) is 5.46. The van der Waals surface area contributed by atoms with Crippen LogP contribution in [0, 0.1) is 6.92 Å². The average molecular weight is 278 g/mol. The first-order chi connectivity index (χ1) is 7.79. The van der Waals surface area contributed by atoms with Gasteiger partial charge in [0.2, 0.25) is 0 Å². The first kappa shape index (κ1) is 13.9. The Bertz CT molecular complexity index is 507. The number of rotatable bonds is 6. The summed E-state index contributed by atoms with van der Waals surface area (Å²) in [5.74, 6) is -0.889. The summed E-state index contributed by atoms with van der Waals surface area (Å²) in [6.07, 6.45) is 1.66. The number of nitrogens with one attached hydrogen (secondary N) is 1. The zero-order valence-corrected chi connectivity index (χ0v) is 11.2. The molecule has 96 valence electrons. The number of aromatic nitrogens is 1. The van der Waals surface area contributed by atoms with Gasteiger partial charge >= 0.3 is 5.97 Å². The van der Waals surface area contributed by atoms with Crippen molar-refractivity contribution in [3.63, 3.8) is 0 Å². The fourth-order valence-electron chi connectivity index (χ4n) is 1.20. The zero-order valence-electron chi connectivity index (χ0n) is 9.56. The topological polar surface area (TPSA) is 96.4 Å². The second-order valence-corrected chi connectivity index (χ2v) is 6.91. The normalized spacial score (nSPS) is 11.4. The van der Waals surface area contributed by atoms with Crippen molar-refractivity contribution in [2.24, 2.45) is 0 Å². The van der Waals surface area contributed by atoms with Crippen molar-refractivity contribution in [1.82, 2.24) is 4.98 Å². The van der Waals surface area contributed by atoms with Crippen molar-refractivity contribution in [2.75, 3.05) is 23.9 Å². The summed E-state index contributed by atoms with van der Waals surface area (Å²) in [5.41, 5.74) is 0.466. The molecule has 0 aliphatic rings. The molecule has 1 heterocycles. The first-order valence-corrected chi connectivity index (χ1v) is 7.79. The van der Waals surface area contributed by atoms with E-state index in [9.17, 15) is 13.2 Å². The highest BCUT2D eigenvalue weighted by molar-refractivity contribution is 7.90. The molecule has 0 fully saturated rings. The lowest BCUT2D eigenvalue weighted by Gasteiger charge is -2.00. The monoisotopic (exact) mass is 278 g/mol. The molecule has 17 heavy (non-hydrogen) atoms. The van der Waals surface area contributed by atoms with Crippen LogP contribution in [0.1, 0.15) is 21.8 Å². The summed E-state index contributed by atoms with van der Waals surface area (Å²) in [6.45, 7) is 2.08. The summed E-state index contributed by atoms with van der Waals surface area (Å²) < 4.78 is 21.7. The Morgan fingerprint density at radius 3 is 2.65 bits per heavy atom. The third kappa shape index (κ3) is 4.70. The van der Waals surface area contributed by atoms with Crippen LogP contribution in [-0.2, 0) is 9.84 Å². The third-order valence-corrected chi connectivity index (χ3v) is 4.09. The molecule has 1 aromatic heterocycles. The number of aromatic carboxylic acids is 1. The maximum atomic E-state index is 10.9. The van der Waals surface area contributed by atoms with Crippen molar-refractivity contribution in [3.8, 4) is 0 Å². The molecule has 0 aromatic carbocycles. The Morgan fingerprint density at radius 2 is 2.18 bits per heavy atom. The van der Waals surface area contributed by atoms with Gasteiger partial charge in [0.1, 0.15) is 14.7 Å². The molecule has 1 aromatic rings. The predicted octanol–water partition coefficient (Wildman–Crippen LogP) is 0.996. The largest absolute Gasteiger partial charge is 0.477 e. The summed E-state index contributed by atoms with van der Waals surface area (Å²) >= 11 is 1.05. The van der Waals surface area contributed by atoms with Gasteiger partial charge in [-0.3, -0.25) is 0 Å². The predicted molar refractivity (Wildman–Crippen MR) is 66.6 cm³/mol. The lowest BCUT2D eigenvalue weighted by Crippen LogP contribution is -2.09. The molecule has 0 aliphatic heterocycles. The molecule has 8 heteroatoms. The van der Waals surface area contributed by atoms with Crippen molar-refractivity contribution in [2.45, 2.75) is 13.3 Å². The SMILES string of the molecule is Cc1nc(NCCCS(C)(=O)=O)sc1C(=O)O. The molecule has 0 saturated heterocycles. The summed E-state index contributed by atoms with van der Waals surface area (Å²) in [6, 6.07) is 0. The van der Waals surface area contributed by atoms with Gasteiger partial charge in [0, 0.05) is 12.8 Å². The van der Waals surface area contributed by atoms with E-state index in [4.69, 9.17) is 5.11 Å². The smallest absolute Gasteiger partial charge is 0.347 e. The zero-order chi connectivity index (χ0) is 13.1. The average Bonchev–Trinajstić information content (AvgIpc) is 2.53. The fraction of sp³-hybridized carbons (Fsp3) is 0.556. The highest BCUT2D eigenvalue weighted by Gasteiger charge is 2.13. The number of carbonyl (C=O) groups is 1. The minimum atomic E-state index is -2.95. The Kier molecular flexibility index (Phi) is 4.47. The number of hydrogen-bond acceptors (Lipinski definition) is 6. The number of nitrogens with zero attached hydrogens (tertiary/aromatic N) is 1. The van der Waals surface area contributed by atoms with Crippen LogP contribution in [-0.4, -0.2) is 43.0 Å². The molecule has 1 rings (SSSR count). The van der Waals surface area contributed by atoms with E-state index < -0.39 is 15.8 Å². The van der Waals surface area contributed by atoms with E-state index >= 15 is 0 Å². The van der Waals surface area contributed by atoms with E-state index in [2.05, 4.69) is 10.3 Å². The lowest BCUT2D eigenvalue weighted by molar-refractivity contribution is 0.0701. The summed E-state index contributed by atoms with van der Waals surface area (Å²) in [4.78, 5) is 15.0. The standard InChI is InChI=1S/C9H14N2O4S2/c1-6-7(8(12)13)16-9(11-6)10-4-3-5-17(2,14)15/h3-5H2,1-2H3,(H,10,11)(H,12,13). The van der Waals surface area contributed by atoms with E-state index in [0.717, 1.165) is 11.3 Å². The molecule has 0 saturated carbocycles. The summed E-state index contributed by atoms with van der Waals surface area (Å²) in [5, 5.41) is 12.2. The van der Waals surface area contributed by atoms with Gasteiger partial charge < -0.3 is 10.4 Å². The molecular weight excluding hydrogens is 264 g/mol. The van der Waals surface area contributed by atoms with Crippen molar-refractivity contribution >= 4 is 32.3 Å². The first-order valence-electron chi connectivity index (χ1n) is 4.92. The van der Waals surface area contributed by atoms with Gasteiger partial charge in [0.15, 0.2) is 5.13 Å². The van der Waals surface area contributed by atoms with E-state index in [-0.39, 0.29) is 10.6 Å². The van der Waals surface area contributed by atoms with Crippen LogP contribution in [0.2, 0.25) is 0 Å². The second-order valence-electron chi connectivity index (χ2n) is 3.65. The van der Waals surface area contributed by atoms with Gasteiger partial charge in [-0.1, -0.05) is 11.3 Å². The number of hydrogen-bond donors (Lipinski definition) is 2. The van der Waals surface area contributed by atoms with Crippen LogP contribution in [0.4, 0.5) is 5.13 Å². The molecule has 0 spiro atoms. The highest BCUT2D eigenvalue weighted by atomic mass is 32.2. The van der Waals surface area contributed by atoms with Crippen LogP contribution in [0.15, 0.2) is 0 Å². The Hall–Kier alpha value is -1.15. The molecule has 6 nitrogen and oxygen atoms in total. The molecular formula is C9H14N2O4S2. The Balaban J connectivity index is 2.48. The van der Waals surface area contributed by atoms with Gasteiger partial charge in [-0.2, -0.15) is 0 Å². The highest BCUT2D eigenvalue weighted by Crippen LogP contribution is 2.22. The molecule has 0 atom stereocenters. The van der Waals surface area contributed by atoms with Crippen LogP contribution >= 0.6 is 11.3 Å². The fourth-order valence-corrected chi connectivity index (χ4v) is 2.70. The maximum Gasteiger partial charge on any atom is 0.347 e.